The Morgan fingerprint density at radius 2 is 2.13 bits per heavy atom. The molecule has 0 atom stereocenters. The van der Waals surface area contributed by atoms with Gasteiger partial charge in [-0.25, -0.2) is 0 Å². The molecular weight excluding hydrogens is 210 g/mol. The maximum Gasteiger partial charge on any atom is 0.254 e. The summed E-state index contributed by atoms with van der Waals surface area (Å²) in [6.07, 6.45) is 0. The van der Waals surface area contributed by atoms with Crippen molar-refractivity contribution in [1.29, 1.82) is 0 Å². The summed E-state index contributed by atoms with van der Waals surface area (Å²) in [6, 6.07) is 7.25. The largest absolute Gasteiger partial charge is 0.497 e. The number of methoxy groups -OCH3 is 1. The van der Waals surface area contributed by atoms with Gasteiger partial charge >= 0.3 is 0 Å². The third-order valence-electron chi connectivity index (χ3n) is 2.38. The molecule has 1 aliphatic rings. The van der Waals surface area contributed by atoms with Gasteiger partial charge < -0.3 is 9.64 Å². The van der Waals surface area contributed by atoms with Crippen LogP contribution in [0.25, 0.3) is 0 Å². The number of ether oxygens (including phenoxy) is 1. The smallest absolute Gasteiger partial charge is 0.254 e. The predicted molar refractivity (Wildman–Crippen MR) is 61.4 cm³/mol. The number of amides is 1. The van der Waals surface area contributed by atoms with Gasteiger partial charge in [0.05, 0.1) is 13.0 Å². The van der Waals surface area contributed by atoms with Crippen LogP contribution in [0.1, 0.15) is 10.4 Å². The van der Waals surface area contributed by atoms with Crippen LogP contribution in [0.3, 0.4) is 0 Å². The van der Waals surface area contributed by atoms with Gasteiger partial charge in [0.15, 0.2) is 0 Å². The molecule has 3 nitrogen and oxygen atoms in total. The summed E-state index contributed by atoms with van der Waals surface area (Å²) >= 11 is 1.79. The van der Waals surface area contributed by atoms with Gasteiger partial charge in [0.25, 0.3) is 5.91 Å². The second-order valence-corrected chi connectivity index (χ2v) is 4.41. The molecule has 1 aromatic rings. The quantitative estimate of drug-likeness (QED) is 0.766. The van der Waals surface area contributed by atoms with Gasteiger partial charge in [-0.1, -0.05) is 0 Å². The molecule has 0 aromatic heterocycles. The molecule has 0 unspecified atom stereocenters. The number of benzene rings is 1. The van der Waals surface area contributed by atoms with Crippen molar-refractivity contribution < 1.29 is 9.53 Å². The fraction of sp³-hybridized carbons (Fsp3) is 0.364. The maximum atomic E-state index is 11.9. The molecule has 4 heteroatoms. The van der Waals surface area contributed by atoms with E-state index in [1.165, 1.54) is 0 Å². The second-order valence-electron chi connectivity index (χ2n) is 3.33. The van der Waals surface area contributed by atoms with Crippen LogP contribution in [0.2, 0.25) is 0 Å². The Balaban J connectivity index is 2.11. The Kier molecular flexibility index (Phi) is 3.16. The molecule has 1 saturated heterocycles. The van der Waals surface area contributed by atoms with Crippen molar-refractivity contribution in [2.24, 2.45) is 0 Å². The van der Waals surface area contributed by atoms with Crippen LogP contribution in [-0.2, 0) is 0 Å². The molecule has 1 fully saturated rings. The minimum absolute atomic E-state index is 0.114. The Morgan fingerprint density at radius 3 is 2.67 bits per heavy atom. The zero-order chi connectivity index (χ0) is 10.7. The average Bonchev–Trinajstić information content (AvgIpc) is 2.82. The van der Waals surface area contributed by atoms with E-state index >= 15 is 0 Å². The van der Waals surface area contributed by atoms with E-state index in [1.807, 2.05) is 29.2 Å². The van der Waals surface area contributed by atoms with Crippen LogP contribution in [0, 0.1) is 0 Å². The number of hydrogen-bond acceptors (Lipinski definition) is 3. The van der Waals surface area contributed by atoms with E-state index < -0.39 is 0 Å². The molecule has 0 saturated carbocycles. The highest BCUT2D eigenvalue weighted by Gasteiger charge is 2.19. The zero-order valence-electron chi connectivity index (χ0n) is 8.60. The topological polar surface area (TPSA) is 29.5 Å². The lowest BCUT2D eigenvalue weighted by Gasteiger charge is -2.14. The molecule has 1 amide bonds. The van der Waals surface area contributed by atoms with Crippen molar-refractivity contribution in [3.05, 3.63) is 29.8 Å². The predicted octanol–water partition coefficient (Wildman–Crippen LogP) is 1.84. The summed E-state index contributed by atoms with van der Waals surface area (Å²) in [5.41, 5.74) is 0.735. The monoisotopic (exact) mass is 223 g/mol. The zero-order valence-corrected chi connectivity index (χ0v) is 9.42. The van der Waals surface area contributed by atoms with Gasteiger partial charge in [-0.2, -0.15) is 0 Å². The molecule has 0 aliphatic carbocycles. The number of carbonyl (C=O) groups excluding carboxylic acids is 1. The van der Waals surface area contributed by atoms with Gasteiger partial charge in [0.2, 0.25) is 0 Å². The summed E-state index contributed by atoms with van der Waals surface area (Å²) in [6.45, 7) is 0.857. The summed E-state index contributed by atoms with van der Waals surface area (Å²) in [5.74, 6) is 2.75. The molecular formula is C11H13NO2S. The van der Waals surface area contributed by atoms with Gasteiger partial charge in [0.1, 0.15) is 5.75 Å². The standard InChI is InChI=1S/C11H13NO2S/c1-14-10-4-2-9(3-5-10)11(13)12-6-7-15-8-12/h2-5H,6-8H2,1H3. The minimum atomic E-state index is 0.114. The van der Waals surface area contributed by atoms with E-state index in [4.69, 9.17) is 4.74 Å². The summed E-state index contributed by atoms with van der Waals surface area (Å²) in [5, 5.41) is 0. The van der Waals surface area contributed by atoms with E-state index in [1.54, 1.807) is 18.9 Å². The first kappa shape index (κ1) is 10.4. The van der Waals surface area contributed by atoms with E-state index in [0.29, 0.717) is 0 Å². The van der Waals surface area contributed by atoms with E-state index in [-0.39, 0.29) is 5.91 Å². The van der Waals surface area contributed by atoms with Crippen molar-refractivity contribution >= 4 is 17.7 Å². The third-order valence-corrected chi connectivity index (χ3v) is 3.34. The first-order valence-corrected chi connectivity index (χ1v) is 5.98. The Bertz CT molecular complexity index is 344. The van der Waals surface area contributed by atoms with E-state index in [0.717, 1.165) is 29.5 Å². The Hall–Kier alpha value is -1.16. The average molecular weight is 223 g/mol. The van der Waals surface area contributed by atoms with Crippen LogP contribution < -0.4 is 4.74 Å². The summed E-state index contributed by atoms with van der Waals surface area (Å²) in [4.78, 5) is 13.8. The van der Waals surface area contributed by atoms with Crippen LogP contribution in [0.15, 0.2) is 24.3 Å². The Morgan fingerprint density at radius 1 is 1.40 bits per heavy atom. The molecule has 80 valence electrons. The van der Waals surface area contributed by atoms with Crippen molar-refractivity contribution in [2.75, 3.05) is 25.3 Å². The van der Waals surface area contributed by atoms with Crippen molar-refractivity contribution in [2.45, 2.75) is 0 Å². The van der Waals surface area contributed by atoms with E-state index in [9.17, 15) is 4.79 Å². The lowest BCUT2D eigenvalue weighted by atomic mass is 10.2. The maximum absolute atomic E-state index is 11.9. The lowest BCUT2D eigenvalue weighted by Crippen LogP contribution is -2.27. The number of hydrogen-bond donors (Lipinski definition) is 0. The SMILES string of the molecule is COc1ccc(C(=O)N2CCSC2)cc1. The van der Waals surface area contributed by atoms with Gasteiger partial charge in [-0.15, -0.1) is 11.8 Å². The third kappa shape index (κ3) is 2.26. The minimum Gasteiger partial charge on any atom is -0.497 e. The Labute approximate surface area is 93.4 Å². The number of nitrogens with zero attached hydrogens (tertiary/aromatic N) is 1. The highest BCUT2D eigenvalue weighted by Crippen LogP contribution is 2.18. The normalized spacial score (nSPS) is 15.4. The summed E-state index contributed by atoms with van der Waals surface area (Å²) < 4.78 is 5.05. The highest BCUT2D eigenvalue weighted by molar-refractivity contribution is 7.99. The van der Waals surface area contributed by atoms with Gasteiger partial charge in [-0.05, 0) is 24.3 Å². The first-order valence-electron chi connectivity index (χ1n) is 4.82. The molecule has 0 N–H and O–H groups in total. The molecule has 1 heterocycles. The molecule has 15 heavy (non-hydrogen) atoms. The van der Waals surface area contributed by atoms with Crippen molar-refractivity contribution in [3.63, 3.8) is 0 Å². The molecule has 0 radical (unpaired) electrons. The van der Waals surface area contributed by atoms with Crippen molar-refractivity contribution in [1.82, 2.24) is 4.90 Å². The van der Waals surface area contributed by atoms with Crippen LogP contribution in [0.5, 0.6) is 5.75 Å². The molecule has 1 aliphatic heterocycles. The number of thioether (sulfide) groups is 1. The van der Waals surface area contributed by atoms with Crippen LogP contribution >= 0.6 is 11.8 Å². The summed E-state index contributed by atoms with van der Waals surface area (Å²) in [7, 11) is 1.62. The van der Waals surface area contributed by atoms with E-state index in [2.05, 4.69) is 0 Å². The van der Waals surface area contributed by atoms with Gasteiger partial charge in [0, 0.05) is 17.9 Å². The fourth-order valence-electron chi connectivity index (χ4n) is 1.49. The first-order chi connectivity index (χ1) is 7.31. The molecule has 1 aromatic carbocycles. The van der Waals surface area contributed by atoms with Crippen LogP contribution in [0.4, 0.5) is 0 Å². The lowest BCUT2D eigenvalue weighted by molar-refractivity contribution is 0.0802. The molecule has 0 spiro atoms. The number of carbonyl (C=O) groups is 1. The molecule has 2 rings (SSSR count). The highest BCUT2D eigenvalue weighted by atomic mass is 32.2. The molecule has 0 bridgehead atoms. The second kappa shape index (κ2) is 4.57. The fourth-order valence-corrected chi connectivity index (χ4v) is 2.44. The van der Waals surface area contributed by atoms with Gasteiger partial charge in [-0.3, -0.25) is 4.79 Å². The van der Waals surface area contributed by atoms with Crippen molar-refractivity contribution in [3.8, 4) is 5.75 Å². The number of rotatable bonds is 2. The van der Waals surface area contributed by atoms with Crippen LogP contribution in [-0.4, -0.2) is 36.1 Å².